The number of hydrogen-bond donors (Lipinski definition) is 1. The lowest BCUT2D eigenvalue weighted by molar-refractivity contribution is 0.208. The van der Waals surface area contributed by atoms with Crippen molar-refractivity contribution >= 4 is 17.4 Å². The van der Waals surface area contributed by atoms with Gasteiger partial charge in [-0.2, -0.15) is 4.98 Å². The average molecular weight is 391 g/mol. The van der Waals surface area contributed by atoms with Gasteiger partial charge in [0.1, 0.15) is 0 Å². The number of para-hydroxylation sites is 1. The van der Waals surface area contributed by atoms with Gasteiger partial charge >= 0.3 is 6.03 Å². The maximum atomic E-state index is 12.4. The van der Waals surface area contributed by atoms with Crippen LogP contribution in [0.25, 0.3) is 11.4 Å². The molecule has 29 heavy (non-hydrogen) atoms. The molecule has 3 aromatic rings. The topological polar surface area (TPSA) is 74.5 Å². The molecular formula is C22H25N5O2. The van der Waals surface area contributed by atoms with Crippen molar-refractivity contribution in [2.75, 3.05) is 36.4 Å². The zero-order valence-electron chi connectivity index (χ0n) is 16.7. The molecule has 2 amide bonds. The van der Waals surface area contributed by atoms with Crippen molar-refractivity contribution in [1.29, 1.82) is 0 Å². The van der Waals surface area contributed by atoms with Gasteiger partial charge in [-0.1, -0.05) is 37.2 Å². The summed E-state index contributed by atoms with van der Waals surface area (Å²) in [5.41, 5.74) is 2.88. The van der Waals surface area contributed by atoms with Crippen molar-refractivity contribution in [3.63, 3.8) is 0 Å². The molecule has 0 unspecified atom stereocenters. The highest BCUT2D eigenvalue weighted by molar-refractivity contribution is 5.89. The van der Waals surface area contributed by atoms with E-state index in [2.05, 4.69) is 32.5 Å². The first-order chi connectivity index (χ1) is 14.1. The van der Waals surface area contributed by atoms with Gasteiger partial charge in [0, 0.05) is 49.0 Å². The van der Waals surface area contributed by atoms with Crippen LogP contribution in [0.3, 0.4) is 0 Å². The fraction of sp³-hybridized carbons (Fsp3) is 0.318. The van der Waals surface area contributed by atoms with Gasteiger partial charge in [-0.3, -0.25) is 0 Å². The van der Waals surface area contributed by atoms with Gasteiger partial charge in [-0.05, 0) is 36.4 Å². The predicted octanol–water partition coefficient (Wildman–Crippen LogP) is 4.21. The second-order valence-corrected chi connectivity index (χ2v) is 7.43. The summed E-state index contributed by atoms with van der Waals surface area (Å²) in [6.45, 7) is 7.01. The van der Waals surface area contributed by atoms with E-state index in [0.29, 0.717) is 24.8 Å². The largest absolute Gasteiger partial charge is 0.368 e. The van der Waals surface area contributed by atoms with Gasteiger partial charge in [-0.15, -0.1) is 0 Å². The average Bonchev–Trinajstić information content (AvgIpc) is 3.25. The standard InChI is InChI=1S/C22H25N5O2/c1-16(2)21-24-20(25-29-21)17-8-10-19(11-9-17)26-12-14-27(15-13-26)22(28)23-18-6-4-3-5-7-18/h3-11,16H,12-15H2,1-2H3,(H,23,28). The van der Waals surface area contributed by atoms with Crippen molar-refractivity contribution < 1.29 is 9.32 Å². The number of anilines is 2. The van der Waals surface area contributed by atoms with Crippen LogP contribution in [0.4, 0.5) is 16.2 Å². The van der Waals surface area contributed by atoms with Crippen LogP contribution in [-0.4, -0.2) is 47.3 Å². The normalized spacial score (nSPS) is 14.3. The van der Waals surface area contributed by atoms with Crippen LogP contribution >= 0.6 is 0 Å². The number of nitrogens with one attached hydrogen (secondary N) is 1. The fourth-order valence-corrected chi connectivity index (χ4v) is 3.30. The first kappa shape index (κ1) is 19.0. The maximum Gasteiger partial charge on any atom is 0.321 e. The Morgan fingerprint density at radius 1 is 1.00 bits per heavy atom. The third kappa shape index (κ3) is 4.39. The molecule has 7 nitrogen and oxygen atoms in total. The Kier molecular flexibility index (Phi) is 5.46. The molecule has 0 saturated carbocycles. The number of aromatic nitrogens is 2. The summed E-state index contributed by atoms with van der Waals surface area (Å²) in [5, 5.41) is 7.01. The molecule has 0 radical (unpaired) electrons. The van der Waals surface area contributed by atoms with E-state index in [1.54, 1.807) is 0 Å². The minimum Gasteiger partial charge on any atom is -0.368 e. The number of amides is 2. The highest BCUT2D eigenvalue weighted by Gasteiger charge is 2.21. The summed E-state index contributed by atoms with van der Waals surface area (Å²) in [6.07, 6.45) is 0. The van der Waals surface area contributed by atoms with Crippen LogP contribution in [0.15, 0.2) is 59.1 Å². The minimum absolute atomic E-state index is 0.0516. The van der Waals surface area contributed by atoms with Gasteiger partial charge in [-0.25, -0.2) is 4.79 Å². The van der Waals surface area contributed by atoms with E-state index in [1.165, 1.54) is 0 Å². The van der Waals surface area contributed by atoms with Crippen molar-refractivity contribution in [2.45, 2.75) is 19.8 Å². The molecular weight excluding hydrogens is 366 g/mol. The second-order valence-electron chi connectivity index (χ2n) is 7.43. The number of piperazine rings is 1. The second kappa shape index (κ2) is 8.34. The lowest BCUT2D eigenvalue weighted by atomic mass is 10.1. The smallest absolute Gasteiger partial charge is 0.321 e. The molecule has 1 fully saturated rings. The van der Waals surface area contributed by atoms with Crippen LogP contribution in [0, 0.1) is 0 Å². The predicted molar refractivity (Wildman–Crippen MR) is 113 cm³/mol. The number of hydrogen-bond acceptors (Lipinski definition) is 5. The van der Waals surface area contributed by atoms with E-state index in [0.717, 1.165) is 30.0 Å². The van der Waals surface area contributed by atoms with Gasteiger partial charge in [0.2, 0.25) is 11.7 Å². The third-order valence-corrected chi connectivity index (χ3v) is 5.02. The summed E-state index contributed by atoms with van der Waals surface area (Å²) >= 11 is 0. The van der Waals surface area contributed by atoms with Crippen LogP contribution in [0.1, 0.15) is 25.7 Å². The lowest BCUT2D eigenvalue weighted by Gasteiger charge is -2.36. The molecule has 0 spiro atoms. The summed E-state index contributed by atoms with van der Waals surface area (Å²) in [5.74, 6) is 1.47. The Morgan fingerprint density at radius 3 is 2.31 bits per heavy atom. The quantitative estimate of drug-likeness (QED) is 0.721. The Balaban J connectivity index is 1.34. The summed E-state index contributed by atoms with van der Waals surface area (Å²) in [4.78, 5) is 21.0. The van der Waals surface area contributed by atoms with E-state index in [1.807, 2.05) is 61.2 Å². The molecule has 150 valence electrons. The van der Waals surface area contributed by atoms with E-state index in [-0.39, 0.29) is 11.9 Å². The Hall–Kier alpha value is -3.35. The van der Waals surface area contributed by atoms with Crippen molar-refractivity contribution in [1.82, 2.24) is 15.0 Å². The maximum absolute atomic E-state index is 12.4. The van der Waals surface area contributed by atoms with Crippen LogP contribution in [0.5, 0.6) is 0 Å². The molecule has 7 heteroatoms. The van der Waals surface area contributed by atoms with Crippen molar-refractivity contribution in [2.24, 2.45) is 0 Å². The summed E-state index contributed by atoms with van der Waals surface area (Å²) in [7, 11) is 0. The molecule has 4 rings (SSSR count). The Bertz CT molecular complexity index is 945. The molecule has 0 atom stereocenters. The number of benzene rings is 2. The number of carbonyl (C=O) groups excluding carboxylic acids is 1. The molecule has 1 aliphatic heterocycles. The van der Waals surface area contributed by atoms with Crippen LogP contribution in [0.2, 0.25) is 0 Å². The third-order valence-electron chi connectivity index (χ3n) is 5.02. The zero-order valence-corrected chi connectivity index (χ0v) is 16.7. The molecule has 0 bridgehead atoms. The number of urea groups is 1. The van der Waals surface area contributed by atoms with E-state index in [4.69, 9.17) is 4.52 Å². The molecule has 0 aliphatic carbocycles. The van der Waals surface area contributed by atoms with Crippen LogP contribution in [-0.2, 0) is 0 Å². The van der Waals surface area contributed by atoms with E-state index in [9.17, 15) is 4.79 Å². The SMILES string of the molecule is CC(C)c1nc(-c2ccc(N3CCN(C(=O)Nc4ccccc4)CC3)cc2)no1. The van der Waals surface area contributed by atoms with Gasteiger partial charge in [0.05, 0.1) is 0 Å². The van der Waals surface area contributed by atoms with Crippen molar-refractivity contribution in [3.8, 4) is 11.4 Å². The highest BCUT2D eigenvalue weighted by atomic mass is 16.5. The Labute approximate surface area is 170 Å². The molecule has 1 saturated heterocycles. The van der Waals surface area contributed by atoms with E-state index >= 15 is 0 Å². The summed E-state index contributed by atoms with van der Waals surface area (Å²) < 4.78 is 5.29. The number of nitrogens with zero attached hydrogens (tertiary/aromatic N) is 4. The highest BCUT2D eigenvalue weighted by Crippen LogP contribution is 2.23. The number of carbonyl (C=O) groups is 1. The van der Waals surface area contributed by atoms with Crippen LogP contribution < -0.4 is 10.2 Å². The summed E-state index contributed by atoms with van der Waals surface area (Å²) in [6, 6.07) is 17.7. The minimum atomic E-state index is -0.0516. The molecule has 1 N–H and O–H groups in total. The zero-order chi connectivity index (χ0) is 20.2. The van der Waals surface area contributed by atoms with E-state index < -0.39 is 0 Å². The molecule has 1 aromatic heterocycles. The first-order valence-corrected chi connectivity index (χ1v) is 9.90. The lowest BCUT2D eigenvalue weighted by Crippen LogP contribution is -2.50. The monoisotopic (exact) mass is 391 g/mol. The van der Waals surface area contributed by atoms with Gasteiger partial charge in [0.15, 0.2) is 0 Å². The Morgan fingerprint density at radius 2 is 1.69 bits per heavy atom. The molecule has 2 aromatic carbocycles. The molecule has 2 heterocycles. The van der Waals surface area contributed by atoms with Gasteiger partial charge < -0.3 is 19.6 Å². The fourth-order valence-electron chi connectivity index (χ4n) is 3.30. The number of rotatable bonds is 4. The molecule has 1 aliphatic rings. The first-order valence-electron chi connectivity index (χ1n) is 9.90. The van der Waals surface area contributed by atoms with Crippen molar-refractivity contribution in [3.05, 3.63) is 60.5 Å². The van der Waals surface area contributed by atoms with Gasteiger partial charge in [0.25, 0.3) is 0 Å².